The Morgan fingerprint density at radius 3 is 2.86 bits per heavy atom. The van der Waals surface area contributed by atoms with Gasteiger partial charge in [0.05, 0.1) is 5.92 Å². The van der Waals surface area contributed by atoms with Crippen LogP contribution in [0.15, 0.2) is 52.9 Å². The van der Waals surface area contributed by atoms with Gasteiger partial charge < -0.3 is 15.5 Å². The number of amides is 2. The van der Waals surface area contributed by atoms with Crippen LogP contribution in [0, 0.1) is 5.92 Å². The smallest absolute Gasteiger partial charge is 0.291 e. The molecule has 0 bridgehead atoms. The number of rotatable bonds is 5. The third kappa shape index (κ3) is 4.44. The number of likely N-dealkylation sites (tertiary alicyclic amines) is 1. The van der Waals surface area contributed by atoms with E-state index in [2.05, 4.69) is 10.2 Å². The van der Waals surface area contributed by atoms with Crippen LogP contribution in [0.4, 0.5) is 5.69 Å². The van der Waals surface area contributed by atoms with Gasteiger partial charge in [0.15, 0.2) is 5.76 Å². The lowest BCUT2D eigenvalue weighted by molar-refractivity contribution is -0.123. The van der Waals surface area contributed by atoms with Crippen LogP contribution < -0.4 is 11.1 Å². The van der Waals surface area contributed by atoms with Gasteiger partial charge in [-0.15, -0.1) is 0 Å². The first-order valence-electron chi connectivity index (χ1n) is 9.59. The lowest BCUT2D eigenvalue weighted by Crippen LogP contribution is -2.40. The fraction of sp³-hybridized carbons (Fsp3) is 0.273. The molecule has 1 aliphatic heterocycles. The van der Waals surface area contributed by atoms with E-state index < -0.39 is 0 Å². The van der Waals surface area contributed by atoms with Crippen LogP contribution in [-0.4, -0.2) is 29.8 Å². The molecule has 150 valence electrons. The van der Waals surface area contributed by atoms with Gasteiger partial charge in [0, 0.05) is 29.2 Å². The maximum Gasteiger partial charge on any atom is 0.291 e. The lowest BCUT2D eigenvalue weighted by atomic mass is 9.97. The molecule has 1 aliphatic rings. The third-order valence-corrected chi connectivity index (χ3v) is 5.50. The summed E-state index contributed by atoms with van der Waals surface area (Å²) in [5.74, 6) is -0.462. The standard InChI is InChI=1S/C22H22ClN3O3/c23-17-7-8-19-16(10-17)11-20(29-19)22(28)25-18-6-2-1-4-14(18)12-26-9-3-5-15(13-26)21(24)27/h1-2,4,6-8,10-11,15H,3,5,9,12-13H2,(H2,24,27)(H,25,28). The van der Waals surface area contributed by atoms with Gasteiger partial charge in [-0.25, -0.2) is 0 Å². The summed E-state index contributed by atoms with van der Waals surface area (Å²) >= 11 is 6.00. The van der Waals surface area contributed by atoms with Crippen LogP contribution in [0.1, 0.15) is 29.0 Å². The van der Waals surface area contributed by atoms with E-state index in [-0.39, 0.29) is 23.5 Å². The molecule has 2 amide bonds. The van der Waals surface area contributed by atoms with Gasteiger partial charge in [0.2, 0.25) is 5.91 Å². The predicted octanol–water partition coefficient (Wildman–Crippen LogP) is 4.04. The number of furan rings is 1. The maximum atomic E-state index is 12.7. The Hall–Kier alpha value is -2.83. The number of hydrogen-bond donors (Lipinski definition) is 2. The number of anilines is 1. The van der Waals surface area contributed by atoms with E-state index in [1.54, 1.807) is 24.3 Å². The van der Waals surface area contributed by atoms with Gasteiger partial charge in [-0.2, -0.15) is 0 Å². The minimum absolute atomic E-state index is 0.118. The SMILES string of the molecule is NC(=O)C1CCCN(Cc2ccccc2NC(=O)c2cc3cc(Cl)ccc3o2)C1. The fourth-order valence-corrected chi connectivity index (χ4v) is 3.94. The van der Waals surface area contributed by atoms with Gasteiger partial charge in [0.25, 0.3) is 5.91 Å². The van der Waals surface area contributed by atoms with Gasteiger partial charge in [0.1, 0.15) is 5.58 Å². The van der Waals surface area contributed by atoms with Gasteiger partial charge in [-0.1, -0.05) is 29.8 Å². The van der Waals surface area contributed by atoms with Crippen molar-refractivity contribution in [1.29, 1.82) is 0 Å². The summed E-state index contributed by atoms with van der Waals surface area (Å²) in [7, 11) is 0. The second kappa shape index (κ2) is 8.27. The quantitative estimate of drug-likeness (QED) is 0.663. The largest absolute Gasteiger partial charge is 0.451 e. The zero-order valence-electron chi connectivity index (χ0n) is 15.9. The van der Waals surface area contributed by atoms with Crippen molar-refractivity contribution in [3.05, 3.63) is 64.9 Å². The number of carbonyl (C=O) groups excluding carboxylic acids is 2. The molecule has 2 aromatic carbocycles. The van der Waals surface area contributed by atoms with E-state index in [1.165, 1.54) is 0 Å². The van der Waals surface area contributed by atoms with Crippen LogP contribution in [0.2, 0.25) is 5.02 Å². The average molecular weight is 412 g/mol. The van der Waals surface area contributed by atoms with Crippen LogP contribution in [0.25, 0.3) is 11.0 Å². The van der Waals surface area contributed by atoms with E-state index in [9.17, 15) is 9.59 Å². The Morgan fingerprint density at radius 2 is 2.03 bits per heavy atom. The van der Waals surface area contributed by atoms with Crippen LogP contribution in [0.5, 0.6) is 0 Å². The van der Waals surface area contributed by atoms with Crippen molar-refractivity contribution < 1.29 is 14.0 Å². The minimum atomic E-state index is -0.321. The normalized spacial score (nSPS) is 17.3. The molecule has 0 spiro atoms. The molecule has 3 aromatic rings. The number of fused-ring (bicyclic) bond motifs is 1. The molecular formula is C22H22ClN3O3. The van der Waals surface area contributed by atoms with Crippen LogP contribution in [0.3, 0.4) is 0 Å². The Kier molecular flexibility index (Phi) is 5.56. The molecule has 1 atom stereocenters. The Bertz CT molecular complexity index is 1060. The zero-order chi connectivity index (χ0) is 20.4. The third-order valence-electron chi connectivity index (χ3n) is 5.27. The summed E-state index contributed by atoms with van der Waals surface area (Å²) in [5.41, 5.74) is 7.79. The van der Waals surface area contributed by atoms with E-state index in [0.717, 1.165) is 36.0 Å². The van der Waals surface area contributed by atoms with E-state index >= 15 is 0 Å². The monoisotopic (exact) mass is 411 g/mol. The van der Waals surface area contributed by atoms with Crippen molar-refractivity contribution in [2.45, 2.75) is 19.4 Å². The second-order valence-corrected chi connectivity index (χ2v) is 7.82. The summed E-state index contributed by atoms with van der Waals surface area (Å²) < 4.78 is 5.65. The van der Waals surface area contributed by atoms with Crippen molar-refractivity contribution in [1.82, 2.24) is 4.90 Å². The van der Waals surface area contributed by atoms with E-state index in [4.69, 9.17) is 21.8 Å². The number of primary amides is 1. The number of halogens is 1. The molecule has 3 N–H and O–H groups in total. The van der Waals surface area contributed by atoms with Crippen molar-refractivity contribution in [2.75, 3.05) is 18.4 Å². The molecule has 1 saturated heterocycles. The number of carbonyl (C=O) groups is 2. The summed E-state index contributed by atoms with van der Waals surface area (Å²) in [6, 6.07) is 14.6. The van der Waals surface area contributed by atoms with Gasteiger partial charge in [-0.05, 0) is 55.3 Å². The first kappa shape index (κ1) is 19.5. The van der Waals surface area contributed by atoms with E-state index in [1.807, 2.05) is 24.3 Å². The average Bonchev–Trinajstić information content (AvgIpc) is 3.13. The van der Waals surface area contributed by atoms with Crippen LogP contribution in [-0.2, 0) is 11.3 Å². The highest BCUT2D eigenvalue weighted by atomic mass is 35.5. The highest BCUT2D eigenvalue weighted by Crippen LogP contribution is 2.25. The number of nitrogens with one attached hydrogen (secondary N) is 1. The molecule has 4 rings (SSSR count). The molecule has 0 radical (unpaired) electrons. The molecule has 1 aromatic heterocycles. The van der Waals surface area contributed by atoms with Gasteiger partial charge in [-0.3, -0.25) is 14.5 Å². The molecule has 29 heavy (non-hydrogen) atoms. The molecular weight excluding hydrogens is 390 g/mol. The van der Waals surface area contributed by atoms with Crippen molar-refractivity contribution in [3.8, 4) is 0 Å². The molecule has 0 saturated carbocycles. The molecule has 7 heteroatoms. The molecule has 1 fully saturated rings. The molecule has 2 heterocycles. The highest BCUT2D eigenvalue weighted by molar-refractivity contribution is 6.31. The summed E-state index contributed by atoms with van der Waals surface area (Å²) in [6.45, 7) is 2.17. The van der Waals surface area contributed by atoms with Crippen molar-refractivity contribution in [3.63, 3.8) is 0 Å². The number of hydrogen-bond acceptors (Lipinski definition) is 4. The zero-order valence-corrected chi connectivity index (χ0v) is 16.6. The molecule has 0 aliphatic carbocycles. The summed E-state index contributed by atoms with van der Waals surface area (Å²) in [5, 5.41) is 4.31. The number of para-hydroxylation sites is 1. The molecule has 1 unspecified atom stereocenters. The summed E-state index contributed by atoms with van der Waals surface area (Å²) in [4.78, 5) is 26.5. The Morgan fingerprint density at radius 1 is 1.21 bits per heavy atom. The van der Waals surface area contributed by atoms with Crippen molar-refractivity contribution in [2.24, 2.45) is 11.7 Å². The topological polar surface area (TPSA) is 88.6 Å². The van der Waals surface area contributed by atoms with Gasteiger partial charge >= 0.3 is 0 Å². The fourth-order valence-electron chi connectivity index (χ4n) is 3.76. The Balaban J connectivity index is 1.50. The van der Waals surface area contributed by atoms with Crippen molar-refractivity contribution >= 4 is 40.1 Å². The first-order chi connectivity index (χ1) is 14.0. The molecule has 6 nitrogen and oxygen atoms in total. The number of piperidine rings is 1. The minimum Gasteiger partial charge on any atom is -0.451 e. The van der Waals surface area contributed by atoms with Crippen LogP contribution >= 0.6 is 11.6 Å². The number of nitrogens with zero attached hydrogens (tertiary/aromatic N) is 1. The second-order valence-electron chi connectivity index (χ2n) is 7.38. The van der Waals surface area contributed by atoms with E-state index in [0.29, 0.717) is 23.7 Å². The first-order valence-corrected chi connectivity index (χ1v) is 9.97. The maximum absolute atomic E-state index is 12.7. The number of nitrogens with two attached hydrogens (primary N) is 1. The summed E-state index contributed by atoms with van der Waals surface area (Å²) in [6.07, 6.45) is 1.77. The predicted molar refractivity (Wildman–Crippen MR) is 113 cm³/mol. The lowest BCUT2D eigenvalue weighted by Gasteiger charge is -2.31. The Labute approximate surface area is 173 Å². The highest BCUT2D eigenvalue weighted by Gasteiger charge is 2.24. The number of benzene rings is 2.